The van der Waals surface area contributed by atoms with Crippen LogP contribution < -0.4 is 5.73 Å². The summed E-state index contributed by atoms with van der Waals surface area (Å²) in [5.41, 5.74) is 5.40. The summed E-state index contributed by atoms with van der Waals surface area (Å²) in [5.74, 6) is 0.920. The van der Waals surface area contributed by atoms with Crippen LogP contribution in [0.1, 0.15) is 57.8 Å². The maximum Gasteiger partial charge on any atom is 0.135 e. The molecule has 1 aliphatic rings. The second-order valence-corrected chi connectivity index (χ2v) is 4.40. The molecule has 0 amide bonds. The third kappa shape index (κ3) is 4.23. The van der Waals surface area contributed by atoms with Crippen molar-refractivity contribution >= 4 is 5.78 Å². The molecule has 0 spiro atoms. The van der Waals surface area contributed by atoms with Gasteiger partial charge in [0.05, 0.1) is 0 Å². The van der Waals surface area contributed by atoms with Crippen LogP contribution in [-0.2, 0) is 4.79 Å². The minimum Gasteiger partial charge on any atom is -0.330 e. The SMILES string of the molecule is NCCCCCC(=O)C1CCCCC1. The number of carbonyl (C=O) groups is 1. The van der Waals surface area contributed by atoms with Gasteiger partial charge in [-0.1, -0.05) is 25.7 Å². The van der Waals surface area contributed by atoms with Crippen molar-refractivity contribution in [3.8, 4) is 0 Å². The largest absolute Gasteiger partial charge is 0.330 e. The molecule has 1 aliphatic carbocycles. The summed E-state index contributed by atoms with van der Waals surface area (Å²) in [7, 11) is 0. The van der Waals surface area contributed by atoms with E-state index >= 15 is 0 Å². The van der Waals surface area contributed by atoms with Crippen LogP contribution >= 0.6 is 0 Å². The van der Waals surface area contributed by atoms with Gasteiger partial charge in [0.15, 0.2) is 0 Å². The summed E-state index contributed by atoms with van der Waals surface area (Å²) in [6.07, 6.45) is 10.2. The first-order valence-corrected chi connectivity index (χ1v) is 6.07. The predicted molar refractivity (Wildman–Crippen MR) is 59.1 cm³/mol. The zero-order valence-electron chi connectivity index (χ0n) is 9.13. The molecular formula is C12H23NO. The Hall–Kier alpha value is -0.370. The summed E-state index contributed by atoms with van der Waals surface area (Å²) >= 11 is 0. The fraction of sp³-hybridized carbons (Fsp3) is 0.917. The van der Waals surface area contributed by atoms with Crippen molar-refractivity contribution < 1.29 is 4.79 Å². The molecule has 0 saturated heterocycles. The lowest BCUT2D eigenvalue weighted by Gasteiger charge is -2.20. The molecule has 1 fully saturated rings. The van der Waals surface area contributed by atoms with Crippen LogP contribution in [0.15, 0.2) is 0 Å². The molecule has 0 heterocycles. The molecule has 14 heavy (non-hydrogen) atoms. The van der Waals surface area contributed by atoms with E-state index in [-0.39, 0.29) is 0 Å². The van der Waals surface area contributed by atoms with Crippen LogP contribution in [0.4, 0.5) is 0 Å². The second kappa shape index (κ2) is 6.99. The topological polar surface area (TPSA) is 43.1 Å². The van der Waals surface area contributed by atoms with Gasteiger partial charge in [-0.25, -0.2) is 0 Å². The average molecular weight is 197 g/mol. The van der Waals surface area contributed by atoms with Crippen molar-refractivity contribution in [3.05, 3.63) is 0 Å². The van der Waals surface area contributed by atoms with Crippen LogP contribution in [0.25, 0.3) is 0 Å². The smallest absolute Gasteiger partial charge is 0.135 e. The van der Waals surface area contributed by atoms with Crippen LogP contribution in [-0.4, -0.2) is 12.3 Å². The maximum absolute atomic E-state index is 11.7. The summed E-state index contributed by atoms with van der Waals surface area (Å²) < 4.78 is 0. The third-order valence-electron chi connectivity index (χ3n) is 3.19. The molecule has 0 aromatic carbocycles. The molecule has 1 rings (SSSR count). The average Bonchev–Trinajstić information content (AvgIpc) is 2.25. The van der Waals surface area contributed by atoms with Gasteiger partial charge in [-0.05, 0) is 32.2 Å². The zero-order chi connectivity index (χ0) is 10.2. The lowest BCUT2D eigenvalue weighted by molar-refractivity contribution is -0.123. The molecule has 0 aromatic rings. The number of hydrogen-bond acceptors (Lipinski definition) is 2. The second-order valence-electron chi connectivity index (χ2n) is 4.40. The molecule has 82 valence electrons. The molecule has 0 aliphatic heterocycles. The van der Waals surface area contributed by atoms with Crippen LogP contribution in [0.5, 0.6) is 0 Å². The summed E-state index contributed by atoms with van der Waals surface area (Å²) in [5, 5.41) is 0. The molecule has 0 radical (unpaired) electrons. The minimum atomic E-state index is 0.404. The van der Waals surface area contributed by atoms with E-state index in [0.717, 1.165) is 45.1 Å². The van der Waals surface area contributed by atoms with Crippen molar-refractivity contribution in [3.63, 3.8) is 0 Å². The third-order valence-corrected chi connectivity index (χ3v) is 3.19. The summed E-state index contributed by atoms with van der Waals surface area (Å²) in [4.78, 5) is 11.7. The van der Waals surface area contributed by atoms with E-state index in [4.69, 9.17) is 5.73 Å². The van der Waals surface area contributed by atoms with Crippen molar-refractivity contribution in [2.24, 2.45) is 11.7 Å². The van der Waals surface area contributed by atoms with Gasteiger partial charge >= 0.3 is 0 Å². The number of Topliss-reactive ketones (excluding diaryl/α,β-unsaturated/α-hetero) is 1. The van der Waals surface area contributed by atoms with Gasteiger partial charge in [0.1, 0.15) is 5.78 Å². The Bertz CT molecular complexity index is 162. The Labute approximate surface area is 87.2 Å². The Morgan fingerprint density at radius 2 is 1.79 bits per heavy atom. The molecular weight excluding hydrogens is 174 g/mol. The molecule has 1 saturated carbocycles. The molecule has 0 bridgehead atoms. The molecule has 0 unspecified atom stereocenters. The Morgan fingerprint density at radius 1 is 1.07 bits per heavy atom. The molecule has 0 atom stereocenters. The fourth-order valence-electron chi connectivity index (χ4n) is 2.25. The standard InChI is InChI=1S/C12H23NO/c13-10-6-2-5-9-12(14)11-7-3-1-4-8-11/h11H,1-10,13H2. The monoisotopic (exact) mass is 197 g/mol. The Morgan fingerprint density at radius 3 is 2.43 bits per heavy atom. The van der Waals surface area contributed by atoms with Crippen molar-refractivity contribution in [1.82, 2.24) is 0 Å². The summed E-state index contributed by atoms with van der Waals surface area (Å²) in [6.45, 7) is 0.762. The van der Waals surface area contributed by atoms with E-state index in [1.54, 1.807) is 0 Å². The van der Waals surface area contributed by atoms with Crippen LogP contribution in [0.3, 0.4) is 0 Å². The quantitative estimate of drug-likeness (QED) is 0.665. The van der Waals surface area contributed by atoms with E-state index in [1.165, 1.54) is 19.3 Å². The van der Waals surface area contributed by atoms with Crippen molar-refractivity contribution in [2.45, 2.75) is 57.8 Å². The van der Waals surface area contributed by atoms with Gasteiger partial charge in [0.2, 0.25) is 0 Å². The number of carbonyl (C=O) groups excluding carboxylic acids is 1. The Balaban J connectivity index is 2.07. The van der Waals surface area contributed by atoms with E-state index in [1.807, 2.05) is 0 Å². The Kier molecular flexibility index (Phi) is 5.85. The van der Waals surface area contributed by atoms with E-state index in [9.17, 15) is 4.79 Å². The number of hydrogen-bond donors (Lipinski definition) is 1. The van der Waals surface area contributed by atoms with Gasteiger partial charge < -0.3 is 5.73 Å². The van der Waals surface area contributed by atoms with Gasteiger partial charge in [0, 0.05) is 12.3 Å². The fourth-order valence-corrected chi connectivity index (χ4v) is 2.25. The van der Waals surface area contributed by atoms with Gasteiger partial charge in [-0.2, -0.15) is 0 Å². The lowest BCUT2D eigenvalue weighted by Crippen LogP contribution is -2.17. The highest BCUT2D eigenvalue weighted by Crippen LogP contribution is 2.25. The number of nitrogens with two attached hydrogens (primary N) is 1. The number of rotatable bonds is 6. The van der Waals surface area contributed by atoms with Gasteiger partial charge in [0.25, 0.3) is 0 Å². The molecule has 2 N–H and O–H groups in total. The molecule has 0 aromatic heterocycles. The van der Waals surface area contributed by atoms with Crippen LogP contribution in [0, 0.1) is 5.92 Å². The van der Waals surface area contributed by atoms with Gasteiger partial charge in [-0.15, -0.1) is 0 Å². The predicted octanol–water partition coefficient (Wildman–Crippen LogP) is 2.65. The highest BCUT2D eigenvalue weighted by atomic mass is 16.1. The minimum absolute atomic E-state index is 0.404. The highest BCUT2D eigenvalue weighted by Gasteiger charge is 2.19. The zero-order valence-corrected chi connectivity index (χ0v) is 9.13. The highest BCUT2D eigenvalue weighted by molar-refractivity contribution is 5.80. The maximum atomic E-state index is 11.7. The first-order valence-electron chi connectivity index (χ1n) is 6.07. The normalized spacial score (nSPS) is 18.4. The lowest BCUT2D eigenvalue weighted by atomic mass is 9.84. The van der Waals surface area contributed by atoms with Crippen LogP contribution in [0.2, 0.25) is 0 Å². The van der Waals surface area contributed by atoms with Crippen molar-refractivity contribution in [2.75, 3.05) is 6.54 Å². The van der Waals surface area contributed by atoms with E-state index in [0.29, 0.717) is 11.7 Å². The van der Waals surface area contributed by atoms with E-state index < -0.39 is 0 Å². The van der Waals surface area contributed by atoms with Crippen molar-refractivity contribution in [1.29, 1.82) is 0 Å². The molecule has 2 heteroatoms. The number of unbranched alkanes of at least 4 members (excludes halogenated alkanes) is 2. The first-order chi connectivity index (χ1) is 6.84. The van der Waals surface area contributed by atoms with Gasteiger partial charge in [-0.3, -0.25) is 4.79 Å². The first kappa shape index (κ1) is 11.7. The van der Waals surface area contributed by atoms with E-state index in [2.05, 4.69) is 0 Å². The number of ketones is 1. The summed E-state index contributed by atoms with van der Waals surface area (Å²) in [6, 6.07) is 0. The molecule has 2 nitrogen and oxygen atoms in total.